The van der Waals surface area contributed by atoms with Crippen molar-refractivity contribution in [2.75, 3.05) is 56.7 Å². The third kappa shape index (κ3) is 4.63. The molecule has 0 saturated carbocycles. The van der Waals surface area contributed by atoms with E-state index < -0.39 is 0 Å². The van der Waals surface area contributed by atoms with Crippen molar-refractivity contribution in [3.8, 4) is 0 Å². The number of rotatable bonds is 3. The lowest BCUT2D eigenvalue weighted by atomic mass is 9.90. The van der Waals surface area contributed by atoms with Crippen LogP contribution in [0.3, 0.4) is 0 Å². The first-order valence-corrected chi connectivity index (χ1v) is 8.27. The third-order valence-corrected chi connectivity index (χ3v) is 4.60. The van der Waals surface area contributed by atoms with Crippen LogP contribution in [0.2, 0.25) is 0 Å². The molecule has 0 radical (unpaired) electrons. The van der Waals surface area contributed by atoms with Gasteiger partial charge in [0.1, 0.15) is 5.82 Å². The van der Waals surface area contributed by atoms with Crippen molar-refractivity contribution in [3.63, 3.8) is 0 Å². The first-order chi connectivity index (χ1) is 10.6. The second kappa shape index (κ2) is 9.04. The minimum absolute atomic E-state index is 0. The highest BCUT2D eigenvalue weighted by Gasteiger charge is 2.38. The van der Waals surface area contributed by atoms with Crippen LogP contribution >= 0.6 is 24.8 Å². The van der Waals surface area contributed by atoms with Gasteiger partial charge in [0.15, 0.2) is 0 Å². The van der Waals surface area contributed by atoms with E-state index in [0.29, 0.717) is 0 Å². The summed E-state index contributed by atoms with van der Waals surface area (Å²) in [5, 5.41) is 3.42. The van der Waals surface area contributed by atoms with E-state index >= 15 is 0 Å². The van der Waals surface area contributed by atoms with Crippen molar-refractivity contribution < 1.29 is 4.74 Å². The largest absolute Gasteiger partial charge is 0.371 e. The molecule has 2 aliphatic heterocycles. The number of ether oxygens (including phenoxy) is 1. The Kier molecular flexibility index (Phi) is 7.99. The van der Waals surface area contributed by atoms with E-state index in [9.17, 15) is 0 Å². The van der Waals surface area contributed by atoms with Crippen molar-refractivity contribution in [1.82, 2.24) is 15.3 Å². The normalized spacial score (nSPS) is 19.4. The zero-order valence-electron chi connectivity index (χ0n) is 14.7. The van der Waals surface area contributed by atoms with Gasteiger partial charge in [-0.2, -0.15) is 4.98 Å². The van der Waals surface area contributed by atoms with Crippen LogP contribution in [0.25, 0.3) is 0 Å². The summed E-state index contributed by atoms with van der Waals surface area (Å²) in [6, 6.07) is 2.13. The van der Waals surface area contributed by atoms with Crippen LogP contribution in [0.15, 0.2) is 6.07 Å². The second-order valence-corrected chi connectivity index (χ2v) is 6.47. The van der Waals surface area contributed by atoms with Crippen LogP contribution in [-0.4, -0.2) is 62.5 Å². The van der Waals surface area contributed by atoms with Crippen molar-refractivity contribution in [1.29, 1.82) is 0 Å². The first-order valence-electron chi connectivity index (χ1n) is 8.27. The Labute approximate surface area is 157 Å². The Hall–Kier alpha value is -0.820. The van der Waals surface area contributed by atoms with E-state index in [1.165, 1.54) is 0 Å². The fourth-order valence-corrected chi connectivity index (χ4v) is 3.24. The maximum Gasteiger partial charge on any atom is 0.227 e. The van der Waals surface area contributed by atoms with Gasteiger partial charge in [-0.25, -0.2) is 4.98 Å². The van der Waals surface area contributed by atoms with Gasteiger partial charge in [-0.15, -0.1) is 24.8 Å². The predicted molar refractivity (Wildman–Crippen MR) is 103 cm³/mol. The molecular formula is C16H29Cl2N5O. The van der Waals surface area contributed by atoms with Crippen LogP contribution < -0.4 is 15.1 Å². The minimum Gasteiger partial charge on any atom is -0.371 e. The fraction of sp³-hybridized carbons (Fsp3) is 0.750. The molecule has 2 saturated heterocycles. The standard InChI is InChI=1S/C16H27N5O.2ClH/c1-4-13-11-14(19-15(18-13)20(2)3)21-9-10-22-16(12-21)5-7-17-8-6-16;;/h11,17H,4-10,12H2,1-3H3;2*1H. The van der Waals surface area contributed by atoms with Crippen molar-refractivity contribution in [3.05, 3.63) is 11.8 Å². The van der Waals surface area contributed by atoms with Gasteiger partial charge in [0.05, 0.1) is 12.2 Å². The van der Waals surface area contributed by atoms with Crippen LogP contribution in [0, 0.1) is 0 Å². The van der Waals surface area contributed by atoms with E-state index in [2.05, 4.69) is 28.2 Å². The zero-order valence-corrected chi connectivity index (χ0v) is 16.4. The topological polar surface area (TPSA) is 53.5 Å². The average molecular weight is 378 g/mol. The summed E-state index contributed by atoms with van der Waals surface area (Å²) in [5.74, 6) is 1.83. The van der Waals surface area contributed by atoms with Crippen LogP contribution in [0.5, 0.6) is 0 Å². The second-order valence-electron chi connectivity index (χ2n) is 6.47. The van der Waals surface area contributed by atoms with E-state index in [1.54, 1.807) is 0 Å². The molecule has 6 nitrogen and oxygen atoms in total. The highest BCUT2D eigenvalue weighted by atomic mass is 35.5. The van der Waals surface area contributed by atoms with Gasteiger partial charge < -0.3 is 19.9 Å². The Morgan fingerprint density at radius 1 is 1.25 bits per heavy atom. The minimum atomic E-state index is -0.000885. The summed E-state index contributed by atoms with van der Waals surface area (Å²) >= 11 is 0. The molecule has 1 aromatic rings. The van der Waals surface area contributed by atoms with Crippen molar-refractivity contribution >= 4 is 36.6 Å². The van der Waals surface area contributed by atoms with Crippen LogP contribution in [0.4, 0.5) is 11.8 Å². The summed E-state index contributed by atoms with van der Waals surface area (Å²) in [7, 11) is 3.98. The van der Waals surface area contributed by atoms with E-state index in [-0.39, 0.29) is 30.4 Å². The lowest BCUT2D eigenvalue weighted by Crippen LogP contribution is -2.56. The van der Waals surface area contributed by atoms with Crippen molar-refractivity contribution in [2.45, 2.75) is 31.8 Å². The molecule has 8 heteroatoms. The lowest BCUT2D eigenvalue weighted by Gasteiger charge is -2.45. The molecule has 1 N–H and O–H groups in total. The number of nitrogens with one attached hydrogen (secondary N) is 1. The van der Waals surface area contributed by atoms with Gasteiger partial charge in [-0.05, 0) is 32.4 Å². The number of nitrogens with zero attached hydrogens (tertiary/aromatic N) is 4. The van der Waals surface area contributed by atoms with Gasteiger partial charge in [0.2, 0.25) is 5.95 Å². The Bertz CT molecular complexity index is 518. The van der Waals surface area contributed by atoms with E-state index in [4.69, 9.17) is 9.72 Å². The monoisotopic (exact) mass is 377 g/mol. The Morgan fingerprint density at radius 2 is 1.96 bits per heavy atom. The maximum absolute atomic E-state index is 6.16. The van der Waals surface area contributed by atoms with Gasteiger partial charge >= 0.3 is 0 Å². The molecule has 0 aliphatic carbocycles. The smallest absolute Gasteiger partial charge is 0.227 e. The van der Waals surface area contributed by atoms with Gasteiger partial charge in [-0.1, -0.05) is 6.92 Å². The van der Waals surface area contributed by atoms with Gasteiger partial charge in [0, 0.05) is 38.9 Å². The summed E-state index contributed by atoms with van der Waals surface area (Å²) in [6.45, 7) is 6.84. The van der Waals surface area contributed by atoms with Crippen molar-refractivity contribution in [2.24, 2.45) is 0 Å². The number of aromatic nitrogens is 2. The fourth-order valence-electron chi connectivity index (χ4n) is 3.24. The lowest BCUT2D eigenvalue weighted by molar-refractivity contribution is -0.0740. The SMILES string of the molecule is CCc1cc(N2CCOC3(CCNCC3)C2)nc(N(C)C)n1.Cl.Cl. The molecule has 1 aromatic heterocycles. The number of hydrogen-bond donors (Lipinski definition) is 1. The van der Waals surface area contributed by atoms with Gasteiger partial charge in [0.25, 0.3) is 0 Å². The predicted octanol–water partition coefficient (Wildman–Crippen LogP) is 1.91. The number of piperidine rings is 1. The molecule has 0 unspecified atom stereocenters. The molecule has 1 spiro atoms. The van der Waals surface area contributed by atoms with E-state index in [0.717, 1.165) is 69.5 Å². The highest BCUT2D eigenvalue weighted by Crippen LogP contribution is 2.30. The quantitative estimate of drug-likeness (QED) is 0.867. The molecule has 24 heavy (non-hydrogen) atoms. The van der Waals surface area contributed by atoms with Crippen LogP contribution in [0.1, 0.15) is 25.5 Å². The molecule has 2 aliphatic rings. The number of aryl methyl sites for hydroxylation is 1. The summed E-state index contributed by atoms with van der Waals surface area (Å²) in [6.07, 6.45) is 3.08. The van der Waals surface area contributed by atoms with Gasteiger partial charge in [-0.3, -0.25) is 0 Å². The summed E-state index contributed by atoms with van der Waals surface area (Å²) in [4.78, 5) is 13.7. The number of morpholine rings is 1. The zero-order chi connectivity index (χ0) is 15.6. The Morgan fingerprint density at radius 3 is 2.58 bits per heavy atom. The molecule has 0 atom stereocenters. The molecule has 0 aromatic carbocycles. The molecule has 3 rings (SSSR count). The number of halogens is 2. The maximum atomic E-state index is 6.16. The number of anilines is 2. The molecule has 0 bridgehead atoms. The Balaban J connectivity index is 0.00000144. The molecule has 0 amide bonds. The number of hydrogen-bond acceptors (Lipinski definition) is 6. The van der Waals surface area contributed by atoms with Crippen LogP contribution in [-0.2, 0) is 11.2 Å². The molecule has 2 fully saturated rings. The third-order valence-electron chi connectivity index (χ3n) is 4.60. The molecule has 138 valence electrons. The average Bonchev–Trinajstić information content (AvgIpc) is 2.55. The summed E-state index contributed by atoms with van der Waals surface area (Å²) in [5.41, 5.74) is 1.10. The molecule has 3 heterocycles. The summed E-state index contributed by atoms with van der Waals surface area (Å²) < 4.78 is 6.16. The first kappa shape index (κ1) is 21.2. The highest BCUT2D eigenvalue weighted by molar-refractivity contribution is 5.85. The van der Waals surface area contributed by atoms with E-state index in [1.807, 2.05) is 19.0 Å². The molecular weight excluding hydrogens is 349 g/mol.